The number of anilines is 1. The van der Waals surface area contributed by atoms with Crippen LogP contribution in [0.2, 0.25) is 0 Å². The second-order valence-corrected chi connectivity index (χ2v) is 7.56. The first-order valence-corrected chi connectivity index (χ1v) is 9.61. The number of carbonyl (C=O) groups is 1. The maximum Gasteiger partial charge on any atom is 0.319 e. The van der Waals surface area contributed by atoms with Crippen LogP contribution in [0.3, 0.4) is 0 Å². The molecule has 0 saturated carbocycles. The Morgan fingerprint density at radius 2 is 1.82 bits per heavy atom. The lowest BCUT2D eigenvalue weighted by Crippen LogP contribution is -2.33. The van der Waals surface area contributed by atoms with E-state index < -0.39 is 9.84 Å². The first-order valence-electron chi connectivity index (χ1n) is 7.71. The van der Waals surface area contributed by atoms with Gasteiger partial charge in [-0.25, -0.2) is 13.2 Å². The SMILES string of the molecule is CCCC[C@H](CC)CNC(=O)Nc1ccc(S(C)(=O)=O)cc1. The summed E-state index contributed by atoms with van der Waals surface area (Å²) in [5.41, 5.74) is 0.575. The molecule has 0 fully saturated rings. The number of benzene rings is 1. The Labute approximate surface area is 133 Å². The Morgan fingerprint density at radius 1 is 1.18 bits per heavy atom. The van der Waals surface area contributed by atoms with Gasteiger partial charge in [0.15, 0.2) is 9.84 Å². The summed E-state index contributed by atoms with van der Waals surface area (Å²) in [7, 11) is -3.21. The fourth-order valence-corrected chi connectivity index (χ4v) is 2.77. The monoisotopic (exact) mass is 326 g/mol. The molecular formula is C16H26N2O3S. The normalized spacial score (nSPS) is 12.7. The van der Waals surface area contributed by atoms with Crippen molar-refractivity contribution in [3.05, 3.63) is 24.3 Å². The lowest BCUT2D eigenvalue weighted by Gasteiger charge is -2.15. The van der Waals surface area contributed by atoms with Gasteiger partial charge in [0.05, 0.1) is 4.90 Å². The zero-order chi connectivity index (χ0) is 16.6. The van der Waals surface area contributed by atoms with Crippen LogP contribution in [0, 0.1) is 5.92 Å². The van der Waals surface area contributed by atoms with Crippen molar-refractivity contribution >= 4 is 21.6 Å². The van der Waals surface area contributed by atoms with Crippen LogP contribution in [0.25, 0.3) is 0 Å². The van der Waals surface area contributed by atoms with Gasteiger partial charge in [0, 0.05) is 18.5 Å². The van der Waals surface area contributed by atoms with E-state index in [2.05, 4.69) is 24.5 Å². The van der Waals surface area contributed by atoms with Gasteiger partial charge < -0.3 is 10.6 Å². The van der Waals surface area contributed by atoms with Crippen LogP contribution in [0.1, 0.15) is 39.5 Å². The van der Waals surface area contributed by atoms with E-state index in [1.54, 1.807) is 12.1 Å². The maximum atomic E-state index is 11.8. The molecule has 1 rings (SSSR count). The highest BCUT2D eigenvalue weighted by molar-refractivity contribution is 7.90. The molecule has 0 aliphatic heterocycles. The molecule has 0 saturated heterocycles. The molecule has 0 aromatic heterocycles. The predicted molar refractivity (Wildman–Crippen MR) is 89.9 cm³/mol. The number of nitrogens with one attached hydrogen (secondary N) is 2. The Balaban J connectivity index is 2.48. The maximum absolute atomic E-state index is 11.8. The molecule has 5 nitrogen and oxygen atoms in total. The minimum absolute atomic E-state index is 0.240. The van der Waals surface area contributed by atoms with E-state index in [1.165, 1.54) is 18.6 Å². The van der Waals surface area contributed by atoms with Crippen LogP contribution in [-0.4, -0.2) is 27.2 Å². The minimum atomic E-state index is -3.21. The number of hydrogen-bond acceptors (Lipinski definition) is 3. The molecule has 0 aliphatic carbocycles. The van der Waals surface area contributed by atoms with Crippen molar-refractivity contribution in [3.63, 3.8) is 0 Å². The Morgan fingerprint density at radius 3 is 2.32 bits per heavy atom. The summed E-state index contributed by atoms with van der Waals surface area (Å²) in [6, 6.07) is 5.89. The van der Waals surface area contributed by atoms with E-state index in [-0.39, 0.29) is 10.9 Å². The van der Waals surface area contributed by atoms with Crippen LogP contribution < -0.4 is 10.6 Å². The average Bonchev–Trinajstić information content (AvgIpc) is 2.47. The summed E-state index contributed by atoms with van der Waals surface area (Å²) in [4.78, 5) is 12.1. The van der Waals surface area contributed by atoms with Gasteiger partial charge in [0.2, 0.25) is 0 Å². The molecule has 124 valence electrons. The van der Waals surface area contributed by atoms with Gasteiger partial charge in [0.1, 0.15) is 0 Å². The highest BCUT2D eigenvalue weighted by Crippen LogP contribution is 2.14. The van der Waals surface area contributed by atoms with E-state index in [9.17, 15) is 13.2 Å². The zero-order valence-electron chi connectivity index (χ0n) is 13.6. The second kappa shape index (κ2) is 8.78. The largest absolute Gasteiger partial charge is 0.338 e. The third-order valence-corrected chi connectivity index (χ3v) is 4.76. The van der Waals surface area contributed by atoms with Crippen molar-refractivity contribution in [2.24, 2.45) is 5.92 Å². The molecule has 1 aromatic rings. The number of urea groups is 1. The molecule has 2 amide bonds. The van der Waals surface area contributed by atoms with E-state index in [1.807, 2.05) is 0 Å². The fourth-order valence-electron chi connectivity index (χ4n) is 2.14. The van der Waals surface area contributed by atoms with Crippen molar-refractivity contribution in [1.82, 2.24) is 5.32 Å². The van der Waals surface area contributed by atoms with Crippen molar-refractivity contribution in [2.75, 3.05) is 18.1 Å². The van der Waals surface area contributed by atoms with E-state index in [4.69, 9.17) is 0 Å². The van der Waals surface area contributed by atoms with Crippen molar-refractivity contribution in [2.45, 2.75) is 44.4 Å². The molecule has 0 aliphatic rings. The van der Waals surface area contributed by atoms with Crippen LogP contribution >= 0.6 is 0 Å². The third kappa shape index (κ3) is 6.47. The summed E-state index contributed by atoms with van der Waals surface area (Å²) >= 11 is 0. The highest BCUT2D eigenvalue weighted by Gasteiger charge is 2.09. The average molecular weight is 326 g/mol. The number of amides is 2. The number of unbranched alkanes of at least 4 members (excludes halogenated alkanes) is 1. The summed E-state index contributed by atoms with van der Waals surface area (Å²) < 4.78 is 22.7. The molecule has 0 unspecified atom stereocenters. The van der Waals surface area contributed by atoms with E-state index >= 15 is 0 Å². The lowest BCUT2D eigenvalue weighted by atomic mass is 9.99. The summed E-state index contributed by atoms with van der Waals surface area (Å²) in [5, 5.41) is 5.58. The van der Waals surface area contributed by atoms with Crippen LogP contribution in [0.5, 0.6) is 0 Å². The summed E-state index contributed by atoms with van der Waals surface area (Å²) in [5.74, 6) is 0.498. The topological polar surface area (TPSA) is 75.3 Å². The number of sulfone groups is 1. The van der Waals surface area contributed by atoms with Gasteiger partial charge in [0.25, 0.3) is 0 Å². The van der Waals surface area contributed by atoms with Crippen LogP contribution in [0.15, 0.2) is 29.2 Å². The van der Waals surface area contributed by atoms with Crippen molar-refractivity contribution in [3.8, 4) is 0 Å². The smallest absolute Gasteiger partial charge is 0.319 e. The van der Waals surface area contributed by atoms with Gasteiger partial charge in [-0.3, -0.25) is 0 Å². The zero-order valence-corrected chi connectivity index (χ0v) is 14.4. The minimum Gasteiger partial charge on any atom is -0.338 e. The van der Waals surface area contributed by atoms with Gasteiger partial charge >= 0.3 is 6.03 Å². The van der Waals surface area contributed by atoms with Crippen molar-refractivity contribution in [1.29, 1.82) is 0 Å². The molecule has 0 bridgehead atoms. The molecule has 0 spiro atoms. The molecule has 1 aromatic carbocycles. The molecule has 2 N–H and O–H groups in total. The van der Waals surface area contributed by atoms with Crippen LogP contribution in [-0.2, 0) is 9.84 Å². The molecule has 1 atom stereocenters. The molecule has 0 radical (unpaired) electrons. The molecule has 22 heavy (non-hydrogen) atoms. The first kappa shape index (κ1) is 18.5. The summed E-state index contributed by atoms with van der Waals surface area (Å²) in [6.07, 6.45) is 5.66. The van der Waals surface area contributed by atoms with E-state index in [0.717, 1.165) is 25.5 Å². The Kier molecular flexibility index (Phi) is 7.38. The van der Waals surface area contributed by atoms with Gasteiger partial charge in [-0.15, -0.1) is 0 Å². The van der Waals surface area contributed by atoms with Crippen LogP contribution in [0.4, 0.5) is 10.5 Å². The Hall–Kier alpha value is -1.56. The van der Waals surface area contributed by atoms with Gasteiger partial charge in [-0.05, 0) is 36.6 Å². The lowest BCUT2D eigenvalue weighted by molar-refractivity contribution is 0.249. The Bertz CT molecular complexity index is 568. The second-order valence-electron chi connectivity index (χ2n) is 5.55. The standard InChI is InChI=1S/C16H26N2O3S/c1-4-6-7-13(5-2)12-17-16(19)18-14-8-10-15(11-9-14)22(3,20)21/h8-11,13H,4-7,12H2,1-3H3,(H2,17,18,19)/t13-/m0/s1. The number of carbonyl (C=O) groups excluding carboxylic acids is 1. The highest BCUT2D eigenvalue weighted by atomic mass is 32.2. The van der Waals surface area contributed by atoms with E-state index in [0.29, 0.717) is 18.2 Å². The van der Waals surface area contributed by atoms with Crippen molar-refractivity contribution < 1.29 is 13.2 Å². The fraction of sp³-hybridized carbons (Fsp3) is 0.562. The van der Waals surface area contributed by atoms with Gasteiger partial charge in [-0.2, -0.15) is 0 Å². The molecule has 0 heterocycles. The predicted octanol–water partition coefficient (Wildman–Crippen LogP) is 3.43. The number of hydrogen-bond donors (Lipinski definition) is 2. The first-order chi connectivity index (χ1) is 10.4. The molecular weight excluding hydrogens is 300 g/mol. The summed E-state index contributed by atoms with van der Waals surface area (Å²) in [6.45, 7) is 4.95. The molecule has 6 heteroatoms. The third-order valence-electron chi connectivity index (χ3n) is 3.63. The quantitative estimate of drug-likeness (QED) is 0.768. The van der Waals surface area contributed by atoms with Gasteiger partial charge in [-0.1, -0.05) is 33.1 Å². The number of rotatable bonds is 8.